The van der Waals surface area contributed by atoms with Gasteiger partial charge in [0.15, 0.2) is 12.1 Å². The Labute approximate surface area is 65.7 Å². The maximum atomic E-state index is 9.81. The van der Waals surface area contributed by atoms with E-state index < -0.39 is 5.97 Å². The number of hydrogen-bond donors (Lipinski definition) is 1. The molecule has 1 N–H and O–H groups in total. The van der Waals surface area contributed by atoms with Gasteiger partial charge < -0.3 is 5.11 Å². The maximum absolute atomic E-state index is 9.81. The van der Waals surface area contributed by atoms with Crippen LogP contribution in [0.4, 0.5) is 0 Å². The van der Waals surface area contributed by atoms with E-state index in [0.717, 1.165) is 0 Å². The molecule has 0 aliphatic heterocycles. The van der Waals surface area contributed by atoms with E-state index >= 15 is 0 Å². The van der Waals surface area contributed by atoms with Crippen molar-refractivity contribution in [2.24, 2.45) is 5.92 Å². The number of carbonyl (C=O) groups is 1. The van der Waals surface area contributed by atoms with E-state index in [1.54, 1.807) is 0 Å². The third-order valence-corrected chi connectivity index (χ3v) is 0.633. The average Bonchev–Trinajstić information content (AvgIpc) is 1.85. The second-order valence-corrected chi connectivity index (χ2v) is 2.22. The lowest BCUT2D eigenvalue weighted by Gasteiger charge is -1.94. The summed E-state index contributed by atoms with van der Waals surface area (Å²) in [5.41, 5.74) is 0. The highest BCUT2D eigenvalue weighted by molar-refractivity contribution is 5.66. The molecular weight excluding hydrogens is 144 g/mol. The number of carboxylic acid groups (broad SMARTS) is 1. The average molecular weight is 154 g/mol. The van der Waals surface area contributed by atoms with E-state index in [2.05, 4.69) is 0 Å². The molecule has 0 radical (unpaired) electrons. The minimum absolute atomic E-state index is 0.275. The van der Waals surface area contributed by atoms with Crippen LogP contribution in [0.15, 0.2) is 0 Å². The molecule has 0 atom stereocenters. The van der Waals surface area contributed by atoms with Crippen molar-refractivity contribution in [1.82, 2.24) is 0 Å². The fourth-order valence-electron chi connectivity index (χ4n) is 0.349. The first-order valence-electron chi connectivity index (χ1n) is 3.04. The molecular formula is C7H10N2O2. The van der Waals surface area contributed by atoms with Crippen molar-refractivity contribution in [3.8, 4) is 12.1 Å². The molecule has 0 rings (SSSR count). The summed E-state index contributed by atoms with van der Waals surface area (Å²) >= 11 is 0. The zero-order valence-electron chi connectivity index (χ0n) is 6.53. The Hall–Kier alpha value is -1.55. The van der Waals surface area contributed by atoms with Gasteiger partial charge in [-0.2, -0.15) is 10.5 Å². The first-order valence-corrected chi connectivity index (χ1v) is 3.04. The molecule has 0 aliphatic carbocycles. The maximum Gasteiger partial charge on any atom is 0.303 e. The van der Waals surface area contributed by atoms with Crippen LogP contribution in [-0.2, 0) is 4.79 Å². The molecule has 0 aliphatic rings. The van der Waals surface area contributed by atoms with Crippen molar-refractivity contribution in [3.05, 3.63) is 0 Å². The highest BCUT2D eigenvalue weighted by Gasteiger charge is 1.98. The van der Waals surface area contributed by atoms with Crippen LogP contribution in [0.5, 0.6) is 0 Å². The van der Waals surface area contributed by atoms with Crippen LogP contribution < -0.4 is 0 Å². The van der Waals surface area contributed by atoms with Crippen LogP contribution in [0.2, 0.25) is 0 Å². The number of carboxylic acids is 1. The second-order valence-electron chi connectivity index (χ2n) is 2.22. The van der Waals surface area contributed by atoms with E-state index in [-0.39, 0.29) is 12.3 Å². The molecule has 4 nitrogen and oxygen atoms in total. The first-order chi connectivity index (χ1) is 5.04. The van der Waals surface area contributed by atoms with E-state index in [9.17, 15) is 4.79 Å². The van der Waals surface area contributed by atoms with Gasteiger partial charge in [0.25, 0.3) is 0 Å². The molecule has 0 saturated heterocycles. The summed E-state index contributed by atoms with van der Waals surface area (Å²) in [6.07, 6.45) is 0.278. The van der Waals surface area contributed by atoms with Gasteiger partial charge in [0.1, 0.15) is 0 Å². The lowest BCUT2D eigenvalue weighted by molar-refractivity contribution is -0.137. The monoisotopic (exact) mass is 154 g/mol. The van der Waals surface area contributed by atoms with Crippen LogP contribution in [0, 0.1) is 28.6 Å². The minimum Gasteiger partial charge on any atom is -0.481 e. The zero-order valence-corrected chi connectivity index (χ0v) is 6.53. The summed E-state index contributed by atoms with van der Waals surface area (Å²) in [5, 5.41) is 22.6. The molecule has 11 heavy (non-hydrogen) atoms. The Balaban J connectivity index is 0. The van der Waals surface area contributed by atoms with Crippen LogP contribution in [-0.4, -0.2) is 11.1 Å². The molecule has 60 valence electrons. The Kier molecular flexibility index (Phi) is 9.34. The Morgan fingerprint density at radius 1 is 1.45 bits per heavy atom. The first kappa shape index (κ1) is 12.2. The third-order valence-electron chi connectivity index (χ3n) is 0.633. The smallest absolute Gasteiger partial charge is 0.303 e. The van der Waals surface area contributed by atoms with Gasteiger partial charge in [-0.3, -0.25) is 4.79 Å². The molecule has 0 spiro atoms. The number of hydrogen-bond acceptors (Lipinski definition) is 3. The van der Waals surface area contributed by atoms with Crippen LogP contribution in [0.3, 0.4) is 0 Å². The van der Waals surface area contributed by atoms with E-state index in [0.29, 0.717) is 0 Å². The quantitative estimate of drug-likeness (QED) is 0.646. The third kappa shape index (κ3) is 29.5. The van der Waals surface area contributed by atoms with Crippen LogP contribution in [0.25, 0.3) is 0 Å². The predicted molar refractivity (Wildman–Crippen MR) is 38.3 cm³/mol. The van der Waals surface area contributed by atoms with Gasteiger partial charge in [-0.15, -0.1) is 0 Å². The van der Waals surface area contributed by atoms with Crippen molar-refractivity contribution < 1.29 is 9.90 Å². The lowest BCUT2D eigenvalue weighted by Crippen LogP contribution is -1.99. The fraction of sp³-hybridized carbons (Fsp3) is 0.571. The second kappa shape index (κ2) is 8.45. The van der Waals surface area contributed by atoms with E-state index in [4.69, 9.17) is 15.6 Å². The molecule has 0 bridgehead atoms. The van der Waals surface area contributed by atoms with Crippen LogP contribution in [0.1, 0.15) is 20.3 Å². The number of nitriles is 2. The highest BCUT2D eigenvalue weighted by atomic mass is 16.4. The van der Waals surface area contributed by atoms with Gasteiger partial charge in [0, 0.05) is 6.42 Å². The number of nitrogens with zero attached hydrogens (tertiary/aromatic N) is 2. The summed E-state index contributed by atoms with van der Waals surface area (Å²) in [6.45, 7) is 3.77. The van der Waals surface area contributed by atoms with Gasteiger partial charge in [-0.05, 0) is 5.92 Å². The molecule has 4 heteroatoms. The van der Waals surface area contributed by atoms with Crippen molar-refractivity contribution >= 4 is 5.97 Å². The fourth-order valence-corrected chi connectivity index (χ4v) is 0.349. The lowest BCUT2D eigenvalue weighted by atomic mass is 10.1. The summed E-state index contributed by atoms with van der Waals surface area (Å²) in [7, 11) is 0. The Bertz CT molecular complexity index is 174. The minimum atomic E-state index is -0.713. The van der Waals surface area contributed by atoms with Gasteiger partial charge >= 0.3 is 5.97 Å². The number of aliphatic carboxylic acids is 1. The zero-order chi connectivity index (χ0) is 9.28. The molecule has 0 aromatic rings. The van der Waals surface area contributed by atoms with Gasteiger partial charge in [0.05, 0.1) is 0 Å². The molecule has 0 unspecified atom stereocenters. The van der Waals surface area contributed by atoms with E-state index in [1.807, 2.05) is 13.8 Å². The van der Waals surface area contributed by atoms with Crippen molar-refractivity contribution in [2.75, 3.05) is 0 Å². The molecule has 0 aromatic carbocycles. The van der Waals surface area contributed by atoms with Gasteiger partial charge in [-0.1, -0.05) is 13.8 Å². The summed E-state index contributed by atoms with van der Waals surface area (Å²) in [4.78, 5) is 9.81. The van der Waals surface area contributed by atoms with Crippen molar-refractivity contribution in [3.63, 3.8) is 0 Å². The summed E-state index contributed by atoms with van der Waals surface area (Å²) in [6, 6.07) is 2.47. The van der Waals surface area contributed by atoms with Crippen LogP contribution >= 0.6 is 0 Å². The molecule has 0 heterocycles. The SMILES string of the molecule is CC(C)CC(=O)O.N#CC#N. The Morgan fingerprint density at radius 2 is 1.82 bits per heavy atom. The standard InChI is InChI=1S/C5H10O2.C2N2/c1-4(2)3-5(6)7;3-1-2-4/h4H,3H2,1-2H3,(H,6,7);. The number of rotatable bonds is 2. The van der Waals surface area contributed by atoms with Crippen molar-refractivity contribution in [1.29, 1.82) is 10.5 Å². The van der Waals surface area contributed by atoms with Gasteiger partial charge in [0.2, 0.25) is 0 Å². The Morgan fingerprint density at radius 3 is 1.82 bits per heavy atom. The molecule has 0 aromatic heterocycles. The summed E-state index contributed by atoms with van der Waals surface area (Å²) in [5.74, 6) is -0.438. The predicted octanol–water partition coefficient (Wildman–Crippen LogP) is 1.15. The molecule has 0 saturated carbocycles. The molecule has 0 amide bonds. The van der Waals surface area contributed by atoms with Gasteiger partial charge in [-0.25, -0.2) is 0 Å². The summed E-state index contributed by atoms with van der Waals surface area (Å²) < 4.78 is 0. The normalized spacial score (nSPS) is 7.00. The largest absolute Gasteiger partial charge is 0.481 e. The highest BCUT2D eigenvalue weighted by Crippen LogP contribution is 1.96. The van der Waals surface area contributed by atoms with E-state index in [1.165, 1.54) is 12.1 Å². The topological polar surface area (TPSA) is 84.9 Å². The van der Waals surface area contributed by atoms with Crippen molar-refractivity contribution in [2.45, 2.75) is 20.3 Å². The molecule has 0 fully saturated rings.